The van der Waals surface area contributed by atoms with E-state index in [1.54, 1.807) is 0 Å². The van der Waals surface area contributed by atoms with Crippen LogP contribution in [0.4, 0.5) is 0 Å². The first-order valence-electron chi connectivity index (χ1n) is 6.61. The first-order valence-corrected chi connectivity index (χ1v) is 6.61. The smallest absolute Gasteiger partial charge is 0.327 e. The number of likely N-dealkylation sites (tertiary alicyclic amines) is 1. The van der Waals surface area contributed by atoms with Crippen molar-refractivity contribution in [2.24, 2.45) is 0 Å². The maximum Gasteiger partial charge on any atom is 0.327 e. The zero-order chi connectivity index (χ0) is 12.9. The summed E-state index contributed by atoms with van der Waals surface area (Å²) in [6.07, 6.45) is 3.75. The van der Waals surface area contributed by atoms with E-state index in [2.05, 4.69) is 17.1 Å². The van der Waals surface area contributed by atoms with Gasteiger partial charge in [0.15, 0.2) is 0 Å². The molecule has 1 rings (SSSR count). The molecule has 0 aromatic rings. The average Bonchev–Trinajstić information content (AvgIpc) is 2.31. The summed E-state index contributed by atoms with van der Waals surface area (Å²) in [5.74, 6) is -0.169. The van der Waals surface area contributed by atoms with Crippen molar-refractivity contribution < 1.29 is 9.53 Å². The Morgan fingerprint density at radius 3 is 2.76 bits per heavy atom. The van der Waals surface area contributed by atoms with E-state index in [0.29, 0.717) is 6.04 Å². The van der Waals surface area contributed by atoms with Crippen molar-refractivity contribution in [1.82, 2.24) is 10.2 Å². The van der Waals surface area contributed by atoms with E-state index in [-0.39, 0.29) is 5.97 Å². The fourth-order valence-electron chi connectivity index (χ4n) is 2.61. The molecule has 100 valence electrons. The molecule has 4 heteroatoms. The van der Waals surface area contributed by atoms with Gasteiger partial charge in [0, 0.05) is 12.6 Å². The Morgan fingerprint density at radius 2 is 2.24 bits per heavy atom. The minimum absolute atomic E-state index is 0.169. The molecule has 0 aliphatic carbocycles. The lowest BCUT2D eigenvalue weighted by Gasteiger charge is -2.39. The summed E-state index contributed by atoms with van der Waals surface area (Å²) < 4.78 is 4.92. The second-order valence-electron chi connectivity index (χ2n) is 5.17. The molecule has 1 fully saturated rings. The van der Waals surface area contributed by atoms with Gasteiger partial charge in [-0.3, -0.25) is 9.69 Å². The van der Waals surface area contributed by atoms with Gasteiger partial charge in [-0.2, -0.15) is 0 Å². The van der Waals surface area contributed by atoms with E-state index in [4.69, 9.17) is 4.74 Å². The quantitative estimate of drug-likeness (QED) is 0.740. The van der Waals surface area contributed by atoms with Gasteiger partial charge < -0.3 is 10.1 Å². The number of carbonyl (C=O) groups excluding carboxylic acids is 1. The Bertz CT molecular complexity index is 258. The highest BCUT2D eigenvalue weighted by Crippen LogP contribution is 2.20. The lowest BCUT2D eigenvalue weighted by atomic mass is 9.97. The molecule has 17 heavy (non-hydrogen) atoms. The third-order valence-corrected chi connectivity index (χ3v) is 3.66. The summed E-state index contributed by atoms with van der Waals surface area (Å²) in [6.45, 7) is 8.77. The van der Waals surface area contributed by atoms with Crippen LogP contribution < -0.4 is 5.32 Å². The van der Waals surface area contributed by atoms with Crippen LogP contribution in [0.1, 0.15) is 40.0 Å². The van der Waals surface area contributed by atoms with Crippen LogP contribution >= 0.6 is 0 Å². The monoisotopic (exact) mass is 242 g/mol. The van der Waals surface area contributed by atoms with Gasteiger partial charge in [-0.15, -0.1) is 0 Å². The molecular formula is C13H26N2O2. The van der Waals surface area contributed by atoms with Crippen molar-refractivity contribution in [3.8, 4) is 0 Å². The summed E-state index contributed by atoms with van der Waals surface area (Å²) in [6, 6.07) is 0.561. The number of carbonyl (C=O) groups is 1. The molecule has 0 aromatic heterocycles. The largest absolute Gasteiger partial charge is 0.468 e. The molecule has 0 saturated carbocycles. The van der Waals surface area contributed by atoms with Crippen LogP contribution in [0.15, 0.2) is 0 Å². The molecule has 0 aromatic carbocycles. The van der Waals surface area contributed by atoms with Gasteiger partial charge >= 0.3 is 5.97 Å². The van der Waals surface area contributed by atoms with Crippen LogP contribution in [0.5, 0.6) is 0 Å². The zero-order valence-corrected chi connectivity index (χ0v) is 11.6. The van der Waals surface area contributed by atoms with Gasteiger partial charge in [-0.25, -0.2) is 0 Å². The highest BCUT2D eigenvalue weighted by molar-refractivity contribution is 5.80. The maximum atomic E-state index is 11.9. The predicted molar refractivity (Wildman–Crippen MR) is 69.0 cm³/mol. The van der Waals surface area contributed by atoms with Crippen molar-refractivity contribution in [2.75, 3.05) is 26.7 Å². The summed E-state index contributed by atoms with van der Waals surface area (Å²) >= 11 is 0. The number of rotatable bonds is 5. The van der Waals surface area contributed by atoms with Gasteiger partial charge in [0.1, 0.15) is 5.54 Å². The predicted octanol–water partition coefficient (Wildman–Crippen LogP) is 1.40. The Kier molecular flexibility index (Phi) is 5.40. The molecule has 0 bridgehead atoms. The standard InChI is InChI=1S/C13H26N2O2/c1-5-14-13(3,12(16)17-4)10-15-9-7-6-8-11(15)2/h11,14H,5-10H2,1-4H3. The number of nitrogens with zero attached hydrogens (tertiary/aromatic N) is 1. The van der Waals surface area contributed by atoms with Crippen molar-refractivity contribution in [2.45, 2.75) is 51.6 Å². The number of ether oxygens (including phenoxy) is 1. The fourth-order valence-corrected chi connectivity index (χ4v) is 2.61. The summed E-state index contributed by atoms with van der Waals surface area (Å²) in [7, 11) is 1.46. The first kappa shape index (κ1) is 14.5. The molecular weight excluding hydrogens is 216 g/mol. The van der Waals surface area contributed by atoms with Crippen LogP contribution in [0.2, 0.25) is 0 Å². The van der Waals surface area contributed by atoms with Crippen molar-refractivity contribution in [1.29, 1.82) is 0 Å². The third kappa shape index (κ3) is 3.68. The average molecular weight is 242 g/mol. The van der Waals surface area contributed by atoms with Crippen LogP contribution in [0.25, 0.3) is 0 Å². The minimum atomic E-state index is -0.588. The Hall–Kier alpha value is -0.610. The van der Waals surface area contributed by atoms with E-state index in [9.17, 15) is 4.79 Å². The summed E-state index contributed by atoms with van der Waals surface area (Å²) in [5, 5.41) is 3.26. The molecule has 1 saturated heterocycles. The molecule has 1 N–H and O–H groups in total. The van der Waals surface area contributed by atoms with Crippen molar-refractivity contribution in [3.63, 3.8) is 0 Å². The lowest BCUT2D eigenvalue weighted by molar-refractivity contribution is -0.149. The normalized spacial score (nSPS) is 25.3. The molecule has 1 aliphatic heterocycles. The highest BCUT2D eigenvalue weighted by Gasteiger charge is 2.37. The van der Waals surface area contributed by atoms with Gasteiger partial charge in [-0.1, -0.05) is 13.3 Å². The number of nitrogens with one attached hydrogen (secondary N) is 1. The minimum Gasteiger partial charge on any atom is -0.468 e. The molecule has 1 heterocycles. The second kappa shape index (κ2) is 6.36. The molecule has 0 spiro atoms. The van der Waals surface area contributed by atoms with Gasteiger partial charge in [0.05, 0.1) is 7.11 Å². The maximum absolute atomic E-state index is 11.9. The summed E-state index contributed by atoms with van der Waals surface area (Å²) in [4.78, 5) is 14.3. The topological polar surface area (TPSA) is 41.6 Å². The van der Waals surface area contributed by atoms with Gasteiger partial charge in [0.25, 0.3) is 0 Å². The van der Waals surface area contributed by atoms with E-state index >= 15 is 0 Å². The lowest BCUT2D eigenvalue weighted by Crippen LogP contribution is -2.59. The first-order chi connectivity index (χ1) is 8.03. The molecule has 1 aliphatic rings. The van der Waals surface area contributed by atoms with E-state index in [0.717, 1.165) is 19.6 Å². The number of hydrogen-bond donors (Lipinski definition) is 1. The Morgan fingerprint density at radius 1 is 1.53 bits per heavy atom. The molecule has 2 atom stereocenters. The number of methoxy groups -OCH3 is 1. The SMILES string of the molecule is CCNC(C)(CN1CCCCC1C)C(=O)OC. The van der Waals surface area contributed by atoms with Crippen LogP contribution in [0.3, 0.4) is 0 Å². The zero-order valence-electron chi connectivity index (χ0n) is 11.6. The molecule has 0 radical (unpaired) electrons. The third-order valence-electron chi connectivity index (χ3n) is 3.66. The highest BCUT2D eigenvalue weighted by atomic mass is 16.5. The van der Waals surface area contributed by atoms with Gasteiger partial charge in [-0.05, 0) is 39.8 Å². The number of esters is 1. The Balaban J connectivity index is 2.67. The van der Waals surface area contributed by atoms with Crippen LogP contribution in [0, 0.1) is 0 Å². The molecule has 0 amide bonds. The van der Waals surface area contributed by atoms with Crippen molar-refractivity contribution >= 4 is 5.97 Å². The summed E-state index contributed by atoms with van der Waals surface area (Å²) in [5.41, 5.74) is -0.588. The number of hydrogen-bond acceptors (Lipinski definition) is 4. The van der Waals surface area contributed by atoms with Crippen molar-refractivity contribution in [3.05, 3.63) is 0 Å². The van der Waals surface area contributed by atoms with Crippen LogP contribution in [-0.4, -0.2) is 49.2 Å². The van der Waals surface area contributed by atoms with E-state index in [1.807, 2.05) is 13.8 Å². The fraction of sp³-hybridized carbons (Fsp3) is 0.923. The number of likely N-dealkylation sites (N-methyl/N-ethyl adjacent to an activating group) is 1. The molecule has 4 nitrogen and oxygen atoms in total. The molecule has 2 unspecified atom stereocenters. The van der Waals surface area contributed by atoms with Gasteiger partial charge in [0.2, 0.25) is 0 Å². The van der Waals surface area contributed by atoms with Crippen LogP contribution in [-0.2, 0) is 9.53 Å². The van der Waals surface area contributed by atoms with E-state index < -0.39 is 5.54 Å². The van der Waals surface area contributed by atoms with E-state index in [1.165, 1.54) is 26.4 Å². The number of piperidine rings is 1. The Labute approximate surface area is 105 Å². The second-order valence-corrected chi connectivity index (χ2v) is 5.17.